The summed E-state index contributed by atoms with van der Waals surface area (Å²) >= 11 is 1.63. The summed E-state index contributed by atoms with van der Waals surface area (Å²) in [4.78, 5) is 23.6. The quantitative estimate of drug-likeness (QED) is 0.703. The summed E-state index contributed by atoms with van der Waals surface area (Å²) in [5.74, 6) is -1.31. The maximum atomic E-state index is 12.1. The highest BCUT2D eigenvalue weighted by Gasteiger charge is 2.41. The van der Waals surface area contributed by atoms with Gasteiger partial charge in [0, 0.05) is 0 Å². The lowest BCUT2D eigenvalue weighted by Gasteiger charge is -2.33. The topological polar surface area (TPSA) is 101 Å². The second-order valence-corrected chi connectivity index (χ2v) is 9.64. The van der Waals surface area contributed by atoms with Crippen molar-refractivity contribution in [3.8, 4) is 0 Å². The number of hydrogen-bond acceptors (Lipinski definition) is 5. The van der Waals surface area contributed by atoms with E-state index in [0.29, 0.717) is 37.2 Å². The number of benzene rings is 1. The fourth-order valence-corrected chi connectivity index (χ4v) is 5.22. The molecule has 0 saturated carbocycles. The minimum atomic E-state index is -3.56. The summed E-state index contributed by atoms with van der Waals surface area (Å²) in [5.41, 5.74) is -0.284. The van der Waals surface area contributed by atoms with Gasteiger partial charge in [-0.15, -0.1) is 0 Å². The van der Waals surface area contributed by atoms with Crippen molar-refractivity contribution < 1.29 is 23.1 Å². The number of aryl methyl sites for hydroxylation is 1. The molecule has 2 N–H and O–H groups in total. The molecule has 6 nitrogen and oxygen atoms in total. The molecule has 8 heteroatoms. The van der Waals surface area contributed by atoms with Gasteiger partial charge in [-0.2, -0.15) is 11.8 Å². The first kappa shape index (κ1) is 19.8. The summed E-state index contributed by atoms with van der Waals surface area (Å²) in [7, 11) is -3.56. The van der Waals surface area contributed by atoms with Crippen LogP contribution in [0.2, 0.25) is 0 Å². The Kier molecular flexibility index (Phi) is 6.89. The maximum absolute atomic E-state index is 12.1. The molecule has 1 aromatic rings. The largest absolute Gasteiger partial charge is 0.480 e. The zero-order chi connectivity index (χ0) is 18.3. The number of carbonyl (C=O) groups excluding carboxylic acids is 1. The van der Waals surface area contributed by atoms with Gasteiger partial charge in [0.2, 0.25) is 5.91 Å². The number of carboxylic acids is 1. The van der Waals surface area contributed by atoms with Crippen LogP contribution in [0, 0.1) is 0 Å². The number of nitrogens with one attached hydrogen (secondary N) is 1. The van der Waals surface area contributed by atoms with Gasteiger partial charge < -0.3 is 10.4 Å². The summed E-state index contributed by atoms with van der Waals surface area (Å²) in [6, 6.07) is 9.54. The first-order chi connectivity index (χ1) is 11.8. The molecule has 0 spiro atoms. The molecule has 0 bridgehead atoms. The van der Waals surface area contributed by atoms with E-state index in [1.54, 1.807) is 11.8 Å². The van der Waals surface area contributed by atoms with E-state index in [-0.39, 0.29) is 5.75 Å². The Balaban J connectivity index is 1.86. The zero-order valence-corrected chi connectivity index (χ0v) is 15.6. The van der Waals surface area contributed by atoms with Gasteiger partial charge in [-0.25, -0.2) is 13.2 Å². The molecule has 0 atom stereocenters. The number of carbonyl (C=O) groups is 2. The highest BCUT2D eigenvalue weighted by Crippen LogP contribution is 2.27. The number of amides is 1. The van der Waals surface area contributed by atoms with Gasteiger partial charge in [0.25, 0.3) is 0 Å². The van der Waals surface area contributed by atoms with E-state index in [2.05, 4.69) is 5.32 Å². The third-order valence-corrected chi connectivity index (χ3v) is 6.85. The average molecular weight is 386 g/mol. The van der Waals surface area contributed by atoms with Crippen molar-refractivity contribution in [1.82, 2.24) is 5.32 Å². The minimum Gasteiger partial charge on any atom is -0.480 e. The van der Waals surface area contributed by atoms with E-state index in [0.717, 1.165) is 5.56 Å². The molecule has 1 fully saturated rings. The van der Waals surface area contributed by atoms with Crippen LogP contribution in [0.1, 0.15) is 24.8 Å². The molecule has 0 aliphatic carbocycles. The summed E-state index contributed by atoms with van der Waals surface area (Å²) in [5, 5.41) is 11.9. The van der Waals surface area contributed by atoms with Crippen molar-refractivity contribution in [3.63, 3.8) is 0 Å². The average Bonchev–Trinajstić information content (AvgIpc) is 2.55. The molecular weight excluding hydrogens is 362 g/mol. The van der Waals surface area contributed by atoms with E-state index in [9.17, 15) is 23.1 Å². The number of thioether (sulfide) groups is 1. The molecule has 138 valence electrons. The molecule has 1 saturated heterocycles. The van der Waals surface area contributed by atoms with Crippen LogP contribution in [0.25, 0.3) is 0 Å². The first-order valence-electron chi connectivity index (χ1n) is 8.19. The second kappa shape index (κ2) is 8.71. The van der Waals surface area contributed by atoms with Gasteiger partial charge in [-0.05, 0) is 42.8 Å². The Morgan fingerprint density at radius 1 is 1.16 bits per heavy atom. The van der Waals surface area contributed by atoms with Crippen LogP contribution in [0.15, 0.2) is 30.3 Å². The first-order valence-corrected chi connectivity index (χ1v) is 11.2. The molecule has 0 unspecified atom stereocenters. The molecule has 1 aliphatic heterocycles. The van der Waals surface area contributed by atoms with Gasteiger partial charge >= 0.3 is 5.97 Å². The smallest absolute Gasteiger partial charge is 0.329 e. The van der Waals surface area contributed by atoms with Crippen molar-refractivity contribution in [1.29, 1.82) is 0 Å². The number of carboxylic acid groups (broad SMARTS) is 1. The van der Waals surface area contributed by atoms with Crippen molar-refractivity contribution in [2.45, 2.75) is 31.2 Å². The van der Waals surface area contributed by atoms with E-state index in [1.807, 2.05) is 30.3 Å². The molecule has 25 heavy (non-hydrogen) atoms. The lowest BCUT2D eigenvalue weighted by Crippen LogP contribution is -2.57. The van der Waals surface area contributed by atoms with Crippen LogP contribution < -0.4 is 5.32 Å². The number of sulfone groups is 1. The van der Waals surface area contributed by atoms with Gasteiger partial charge in [0.15, 0.2) is 9.84 Å². The Labute approximate surface area is 152 Å². The Morgan fingerprint density at radius 2 is 1.80 bits per heavy atom. The van der Waals surface area contributed by atoms with Crippen LogP contribution in [0.5, 0.6) is 0 Å². The van der Waals surface area contributed by atoms with E-state index >= 15 is 0 Å². The van der Waals surface area contributed by atoms with Crippen LogP contribution in [0.4, 0.5) is 0 Å². The van der Waals surface area contributed by atoms with E-state index in [1.165, 1.54) is 0 Å². The fourth-order valence-electron chi connectivity index (χ4n) is 2.83. The molecule has 1 heterocycles. The van der Waals surface area contributed by atoms with Crippen LogP contribution in [-0.4, -0.2) is 54.0 Å². The summed E-state index contributed by atoms with van der Waals surface area (Å²) < 4.78 is 24.3. The SMILES string of the molecule is O=C(CS(=O)(=O)CCCc1ccccc1)NC1(C(=O)O)CCSCC1. The Morgan fingerprint density at radius 3 is 2.40 bits per heavy atom. The minimum absolute atomic E-state index is 0.0920. The normalized spacial score (nSPS) is 17.0. The zero-order valence-electron chi connectivity index (χ0n) is 13.9. The molecular formula is C17H23NO5S2. The van der Waals surface area contributed by atoms with Gasteiger partial charge in [-0.1, -0.05) is 30.3 Å². The maximum Gasteiger partial charge on any atom is 0.329 e. The van der Waals surface area contributed by atoms with Crippen molar-refractivity contribution in [2.75, 3.05) is 23.0 Å². The third-order valence-electron chi connectivity index (χ3n) is 4.25. The number of aliphatic carboxylic acids is 1. The number of rotatable bonds is 8. The van der Waals surface area contributed by atoms with Crippen LogP contribution in [-0.2, 0) is 25.8 Å². The van der Waals surface area contributed by atoms with Crippen molar-refractivity contribution in [2.24, 2.45) is 0 Å². The fraction of sp³-hybridized carbons (Fsp3) is 0.529. The van der Waals surface area contributed by atoms with E-state index in [4.69, 9.17) is 0 Å². The summed E-state index contributed by atoms with van der Waals surface area (Å²) in [6.07, 6.45) is 1.68. The van der Waals surface area contributed by atoms with Crippen LogP contribution >= 0.6 is 11.8 Å². The predicted octanol–water partition coefficient (Wildman–Crippen LogP) is 1.50. The lowest BCUT2D eigenvalue weighted by molar-refractivity contribution is -0.147. The van der Waals surface area contributed by atoms with Crippen molar-refractivity contribution in [3.05, 3.63) is 35.9 Å². The third kappa shape index (κ3) is 6.04. The van der Waals surface area contributed by atoms with Gasteiger partial charge in [0.1, 0.15) is 11.3 Å². The van der Waals surface area contributed by atoms with Crippen molar-refractivity contribution >= 4 is 33.5 Å². The highest BCUT2D eigenvalue weighted by atomic mass is 32.2. The summed E-state index contributed by atoms with van der Waals surface area (Å²) in [6.45, 7) is 0. The standard InChI is InChI=1S/C17H23NO5S2/c19-15(18-17(16(20)21)8-10-24-11-9-17)13-25(22,23)12-4-7-14-5-2-1-3-6-14/h1-3,5-6H,4,7-13H2,(H,18,19)(H,20,21). The molecule has 1 aliphatic rings. The monoisotopic (exact) mass is 385 g/mol. The molecule has 0 aromatic heterocycles. The highest BCUT2D eigenvalue weighted by molar-refractivity contribution is 7.99. The second-order valence-electron chi connectivity index (χ2n) is 6.23. The van der Waals surface area contributed by atoms with Gasteiger partial charge in [0.05, 0.1) is 5.75 Å². The Bertz CT molecular complexity index is 697. The van der Waals surface area contributed by atoms with E-state index < -0.39 is 33.0 Å². The predicted molar refractivity (Wildman–Crippen MR) is 98.5 cm³/mol. The number of hydrogen-bond donors (Lipinski definition) is 2. The molecule has 0 radical (unpaired) electrons. The Hall–Kier alpha value is -1.54. The molecule has 1 amide bonds. The lowest BCUT2D eigenvalue weighted by atomic mass is 9.92. The van der Waals surface area contributed by atoms with Gasteiger partial charge in [-0.3, -0.25) is 4.79 Å². The van der Waals surface area contributed by atoms with Crippen LogP contribution in [0.3, 0.4) is 0 Å². The molecule has 2 rings (SSSR count). The molecule has 1 aromatic carbocycles.